The van der Waals surface area contributed by atoms with Gasteiger partial charge < -0.3 is 5.32 Å². The molecule has 0 radical (unpaired) electrons. The van der Waals surface area contributed by atoms with Gasteiger partial charge in [0.05, 0.1) is 0 Å². The number of nitrogens with one attached hydrogen (secondary N) is 1. The third-order valence-electron chi connectivity index (χ3n) is 4.14. The van der Waals surface area contributed by atoms with Gasteiger partial charge in [-0.3, -0.25) is 4.79 Å². The molecule has 1 aliphatic rings. The van der Waals surface area contributed by atoms with Gasteiger partial charge in [0.25, 0.3) is 0 Å². The van der Waals surface area contributed by atoms with Crippen molar-refractivity contribution < 1.29 is 4.79 Å². The summed E-state index contributed by atoms with van der Waals surface area (Å²) in [6.07, 6.45) is 0.945. The molecule has 2 aromatic carbocycles. The minimum atomic E-state index is 0.123. The van der Waals surface area contributed by atoms with Crippen molar-refractivity contribution in [1.82, 2.24) is 5.32 Å². The van der Waals surface area contributed by atoms with E-state index in [1.54, 1.807) is 0 Å². The van der Waals surface area contributed by atoms with Crippen LogP contribution in [0.5, 0.6) is 0 Å². The van der Waals surface area contributed by atoms with Crippen LogP contribution in [-0.2, 0) is 0 Å². The minimum absolute atomic E-state index is 0.123. The van der Waals surface area contributed by atoms with Crippen LogP contribution in [0, 0.1) is 5.92 Å². The van der Waals surface area contributed by atoms with Crippen molar-refractivity contribution in [3.63, 3.8) is 0 Å². The third-order valence-corrected chi connectivity index (χ3v) is 4.14. The van der Waals surface area contributed by atoms with Gasteiger partial charge in [-0.05, 0) is 31.0 Å². The molecule has 3 rings (SSSR count). The monoisotopic (exact) mass is 265 g/mol. The fourth-order valence-corrected chi connectivity index (χ4v) is 2.89. The fourth-order valence-electron chi connectivity index (χ4n) is 2.89. The van der Waals surface area contributed by atoms with E-state index in [2.05, 4.69) is 24.4 Å². The second-order valence-electron chi connectivity index (χ2n) is 5.45. The Morgan fingerprint density at radius 2 is 1.65 bits per heavy atom. The number of hydrogen-bond donors (Lipinski definition) is 1. The number of benzene rings is 2. The quantitative estimate of drug-likeness (QED) is 0.860. The zero-order valence-electron chi connectivity index (χ0n) is 11.7. The molecule has 20 heavy (non-hydrogen) atoms. The Balaban J connectivity index is 1.81. The molecule has 1 fully saturated rings. The van der Waals surface area contributed by atoms with Crippen LogP contribution < -0.4 is 5.32 Å². The first kappa shape index (κ1) is 13.1. The second-order valence-corrected chi connectivity index (χ2v) is 5.45. The molecule has 0 amide bonds. The number of hydrogen-bond acceptors (Lipinski definition) is 2. The molecule has 2 aromatic rings. The van der Waals surface area contributed by atoms with Crippen molar-refractivity contribution in [1.29, 1.82) is 0 Å². The van der Waals surface area contributed by atoms with Gasteiger partial charge in [0.15, 0.2) is 5.78 Å². The first-order chi connectivity index (χ1) is 9.75. The molecule has 0 aliphatic carbocycles. The molecule has 0 saturated carbocycles. The van der Waals surface area contributed by atoms with Crippen LogP contribution >= 0.6 is 0 Å². The summed E-state index contributed by atoms with van der Waals surface area (Å²) in [5.41, 5.74) is 3.16. The van der Waals surface area contributed by atoms with Gasteiger partial charge in [0.1, 0.15) is 0 Å². The lowest BCUT2D eigenvalue weighted by atomic mass is 9.91. The Morgan fingerprint density at radius 1 is 1.00 bits per heavy atom. The summed E-state index contributed by atoms with van der Waals surface area (Å²) < 4.78 is 0. The van der Waals surface area contributed by atoms with E-state index in [0.717, 1.165) is 24.1 Å². The standard InChI is InChI=1S/C18H19NO/c1-13-17(11-12-19-13)18(20)16-9-7-15(8-10-16)14-5-3-2-4-6-14/h2-10,13,17,19H,11-12H2,1H3. The summed E-state index contributed by atoms with van der Waals surface area (Å²) >= 11 is 0. The Kier molecular flexibility index (Phi) is 3.66. The van der Waals surface area contributed by atoms with Crippen molar-refractivity contribution in [3.05, 3.63) is 60.2 Å². The molecule has 2 atom stereocenters. The van der Waals surface area contributed by atoms with Gasteiger partial charge in [-0.25, -0.2) is 0 Å². The summed E-state index contributed by atoms with van der Waals surface area (Å²) in [6.45, 7) is 3.04. The van der Waals surface area contributed by atoms with E-state index in [1.165, 1.54) is 5.56 Å². The van der Waals surface area contributed by atoms with Gasteiger partial charge >= 0.3 is 0 Å². The lowest BCUT2D eigenvalue weighted by Crippen LogP contribution is -2.28. The largest absolute Gasteiger partial charge is 0.313 e. The summed E-state index contributed by atoms with van der Waals surface area (Å²) in [5.74, 6) is 0.389. The lowest BCUT2D eigenvalue weighted by Gasteiger charge is -2.14. The summed E-state index contributed by atoms with van der Waals surface area (Å²) in [6, 6.07) is 18.5. The van der Waals surface area contributed by atoms with Crippen molar-refractivity contribution in [3.8, 4) is 11.1 Å². The first-order valence-corrected chi connectivity index (χ1v) is 7.19. The van der Waals surface area contributed by atoms with Gasteiger partial charge in [-0.2, -0.15) is 0 Å². The Hall–Kier alpha value is -1.93. The highest BCUT2D eigenvalue weighted by Gasteiger charge is 2.29. The Morgan fingerprint density at radius 3 is 2.25 bits per heavy atom. The van der Waals surface area contributed by atoms with Gasteiger partial charge in [-0.15, -0.1) is 0 Å². The zero-order valence-corrected chi connectivity index (χ0v) is 11.7. The first-order valence-electron chi connectivity index (χ1n) is 7.19. The molecule has 0 spiro atoms. The molecule has 0 bridgehead atoms. The van der Waals surface area contributed by atoms with Crippen LogP contribution in [0.15, 0.2) is 54.6 Å². The molecule has 2 unspecified atom stereocenters. The highest BCUT2D eigenvalue weighted by molar-refractivity contribution is 5.98. The van der Waals surface area contributed by atoms with Gasteiger partial charge in [0, 0.05) is 17.5 Å². The summed E-state index contributed by atoms with van der Waals surface area (Å²) in [4.78, 5) is 12.5. The molecular weight excluding hydrogens is 246 g/mol. The average Bonchev–Trinajstić information content (AvgIpc) is 2.94. The number of carbonyl (C=O) groups excluding carboxylic acids is 1. The van der Waals surface area contributed by atoms with Crippen molar-refractivity contribution in [2.45, 2.75) is 19.4 Å². The second kappa shape index (κ2) is 5.59. The predicted octanol–water partition coefficient (Wildman–Crippen LogP) is 3.53. The van der Waals surface area contributed by atoms with E-state index in [9.17, 15) is 4.79 Å². The average molecular weight is 265 g/mol. The maximum Gasteiger partial charge on any atom is 0.167 e. The van der Waals surface area contributed by atoms with Crippen LogP contribution in [0.25, 0.3) is 11.1 Å². The molecule has 2 heteroatoms. The zero-order chi connectivity index (χ0) is 13.9. The smallest absolute Gasteiger partial charge is 0.167 e. The molecule has 2 nitrogen and oxygen atoms in total. The number of carbonyl (C=O) groups is 1. The number of Topliss-reactive ketones (excluding diaryl/α,β-unsaturated/α-hetero) is 1. The maximum atomic E-state index is 12.5. The molecule has 1 aliphatic heterocycles. The van der Waals surface area contributed by atoms with Crippen LogP contribution in [0.4, 0.5) is 0 Å². The van der Waals surface area contributed by atoms with E-state index in [1.807, 2.05) is 42.5 Å². The summed E-state index contributed by atoms with van der Waals surface area (Å²) in [5, 5.41) is 3.34. The van der Waals surface area contributed by atoms with Crippen LogP contribution in [0.3, 0.4) is 0 Å². The SMILES string of the molecule is CC1NCCC1C(=O)c1ccc(-c2ccccc2)cc1. The predicted molar refractivity (Wildman–Crippen MR) is 81.8 cm³/mol. The van der Waals surface area contributed by atoms with Gasteiger partial charge in [-0.1, -0.05) is 54.6 Å². The number of ketones is 1. The summed E-state index contributed by atoms with van der Waals surface area (Å²) in [7, 11) is 0. The Bertz CT molecular complexity index is 589. The molecule has 102 valence electrons. The minimum Gasteiger partial charge on any atom is -0.313 e. The van der Waals surface area contributed by atoms with Crippen molar-refractivity contribution >= 4 is 5.78 Å². The van der Waals surface area contributed by atoms with E-state index >= 15 is 0 Å². The molecule has 1 heterocycles. The van der Waals surface area contributed by atoms with Crippen molar-refractivity contribution in [2.24, 2.45) is 5.92 Å². The Labute approximate surface area is 119 Å². The van der Waals surface area contributed by atoms with Crippen LogP contribution in [0.1, 0.15) is 23.7 Å². The highest BCUT2D eigenvalue weighted by Crippen LogP contribution is 2.23. The highest BCUT2D eigenvalue weighted by atomic mass is 16.1. The van der Waals surface area contributed by atoms with E-state index in [-0.39, 0.29) is 17.7 Å². The lowest BCUT2D eigenvalue weighted by molar-refractivity contribution is 0.0914. The molecular formula is C18H19NO. The molecule has 0 aromatic heterocycles. The van der Waals surface area contributed by atoms with E-state index < -0.39 is 0 Å². The maximum absolute atomic E-state index is 12.5. The topological polar surface area (TPSA) is 29.1 Å². The van der Waals surface area contributed by atoms with E-state index in [0.29, 0.717) is 0 Å². The molecule has 1 saturated heterocycles. The molecule has 1 N–H and O–H groups in total. The fraction of sp³-hybridized carbons (Fsp3) is 0.278. The van der Waals surface area contributed by atoms with Crippen LogP contribution in [0.2, 0.25) is 0 Å². The van der Waals surface area contributed by atoms with Gasteiger partial charge in [0.2, 0.25) is 0 Å². The van der Waals surface area contributed by atoms with Crippen molar-refractivity contribution in [2.75, 3.05) is 6.54 Å². The third kappa shape index (κ3) is 2.52. The normalized spacial score (nSPS) is 21.9. The van der Waals surface area contributed by atoms with Crippen LogP contribution in [-0.4, -0.2) is 18.4 Å². The number of rotatable bonds is 3. The van der Waals surface area contributed by atoms with E-state index in [4.69, 9.17) is 0 Å².